The zero-order valence-electron chi connectivity index (χ0n) is 22.5. The van der Waals surface area contributed by atoms with Gasteiger partial charge in [-0.15, -0.1) is 0 Å². The van der Waals surface area contributed by atoms with Crippen LogP contribution in [0.1, 0.15) is 69.2 Å². The third kappa shape index (κ3) is 9.38. The summed E-state index contributed by atoms with van der Waals surface area (Å²) in [7, 11) is 0. The van der Waals surface area contributed by atoms with Gasteiger partial charge < -0.3 is 0 Å². The molecule has 0 amide bonds. The van der Waals surface area contributed by atoms with Crippen LogP contribution in [0.4, 0.5) is 0 Å². The van der Waals surface area contributed by atoms with Gasteiger partial charge in [-0.3, -0.25) is 0 Å². The molecule has 4 saturated carbocycles. The number of rotatable bonds is 2. The molecule has 0 spiro atoms. The van der Waals surface area contributed by atoms with Gasteiger partial charge in [0.1, 0.15) is 0 Å². The predicted octanol–water partition coefficient (Wildman–Crippen LogP) is 8.29. The second kappa shape index (κ2) is 16.8. The summed E-state index contributed by atoms with van der Waals surface area (Å²) in [5.74, 6) is 17.2. The van der Waals surface area contributed by atoms with Gasteiger partial charge in [0.15, 0.2) is 0 Å². The average Bonchev–Trinajstić information content (AvgIpc) is 3.57. The molecular weight excluding hydrogens is 586 g/mol. The summed E-state index contributed by atoms with van der Waals surface area (Å²) < 4.78 is 0. The van der Waals surface area contributed by atoms with Crippen molar-refractivity contribution in [3.63, 3.8) is 0 Å². The van der Waals surface area contributed by atoms with E-state index in [1.807, 2.05) is 25.7 Å². The van der Waals surface area contributed by atoms with Gasteiger partial charge in [0.25, 0.3) is 0 Å². The fourth-order valence-corrected chi connectivity index (χ4v) is 4.00. The Morgan fingerprint density at radius 1 is 0.324 bits per heavy atom. The molecule has 0 saturated heterocycles. The van der Waals surface area contributed by atoms with E-state index in [1.165, 1.54) is 71.0 Å². The van der Waals surface area contributed by atoms with Gasteiger partial charge in [-0.25, -0.2) is 0 Å². The van der Waals surface area contributed by atoms with Crippen molar-refractivity contribution in [1.29, 1.82) is 0 Å². The smallest absolute Gasteiger partial charge is 0.0802 e. The molecule has 4 fully saturated rings. The van der Waals surface area contributed by atoms with Crippen LogP contribution in [0.15, 0.2) is 12.2 Å². The van der Waals surface area contributed by atoms with Crippen LogP contribution in [0.2, 0.25) is 0 Å². The van der Waals surface area contributed by atoms with E-state index in [2.05, 4.69) is 107 Å². The second-order valence-electron chi connectivity index (χ2n) is 9.02. The number of hydrogen-bond donors (Lipinski definition) is 0. The predicted molar refractivity (Wildman–Crippen MR) is 139 cm³/mol. The Balaban J connectivity index is 0.000000470. The fourth-order valence-electron chi connectivity index (χ4n) is 4.00. The van der Waals surface area contributed by atoms with Gasteiger partial charge in [-0.1, -0.05) is 81.4 Å². The molecule has 0 nitrogen and oxygen atoms in total. The van der Waals surface area contributed by atoms with E-state index in [9.17, 15) is 0 Å². The molecule has 4 aliphatic rings. The molecule has 180 valence electrons. The van der Waals surface area contributed by atoms with E-state index in [-0.39, 0.29) is 39.0 Å². The first kappa shape index (κ1) is 35.0. The van der Waals surface area contributed by atoms with Crippen molar-refractivity contribution in [2.24, 2.45) is 0 Å². The van der Waals surface area contributed by atoms with Gasteiger partial charge in [0.05, 0.1) is 0 Å². The Morgan fingerprint density at radius 2 is 0.471 bits per heavy atom. The van der Waals surface area contributed by atoms with Crippen molar-refractivity contribution < 1.29 is 39.0 Å². The average molecular weight is 627 g/mol. The molecule has 0 unspecified atom stereocenters. The van der Waals surface area contributed by atoms with Crippen LogP contribution in [0, 0.1) is 122 Å². The summed E-state index contributed by atoms with van der Waals surface area (Å²) in [5.41, 5.74) is 0. The zero-order valence-corrected chi connectivity index (χ0v) is 26.0. The molecule has 0 aliphatic heterocycles. The van der Waals surface area contributed by atoms with Crippen LogP contribution in [-0.2, 0) is 39.0 Å². The van der Waals surface area contributed by atoms with E-state index in [1.54, 1.807) is 0 Å². The molecule has 2 heteroatoms. The summed E-state index contributed by atoms with van der Waals surface area (Å²) in [4.78, 5) is 0. The summed E-state index contributed by atoms with van der Waals surface area (Å²) >= 11 is 0. The third-order valence-corrected chi connectivity index (χ3v) is 7.47. The summed E-state index contributed by atoms with van der Waals surface area (Å²) in [6, 6.07) is 0. The molecular formula is C32H40Ru2+4. The molecule has 0 atom stereocenters. The molecule has 34 heavy (non-hydrogen) atoms. The van der Waals surface area contributed by atoms with Crippen LogP contribution < -0.4 is 0 Å². The van der Waals surface area contributed by atoms with Crippen LogP contribution in [0.25, 0.3) is 0 Å². The molecule has 0 N–H and O–H groups in total. The Morgan fingerprint density at radius 3 is 0.618 bits per heavy atom. The van der Waals surface area contributed by atoms with E-state index in [4.69, 9.17) is 0 Å². The maximum atomic E-state index is 2.20. The van der Waals surface area contributed by atoms with E-state index < -0.39 is 0 Å². The fraction of sp³-hybridized carbons (Fsp3) is 0.312. The first-order valence-electron chi connectivity index (χ1n) is 11.6. The van der Waals surface area contributed by atoms with E-state index >= 15 is 0 Å². The van der Waals surface area contributed by atoms with Crippen molar-refractivity contribution in [2.45, 2.75) is 69.2 Å². The first-order chi connectivity index (χ1) is 15.1. The number of allylic oxidation sites excluding steroid dienone is 2. The molecule has 4 rings (SSSR count). The Hall–Kier alpha value is 0.987. The maximum absolute atomic E-state index is 2.20. The molecule has 0 heterocycles. The van der Waals surface area contributed by atoms with Crippen molar-refractivity contribution in [3.05, 3.63) is 135 Å². The first-order valence-corrected chi connectivity index (χ1v) is 11.6. The molecule has 0 aromatic rings. The minimum atomic E-state index is 0. The van der Waals surface area contributed by atoms with Gasteiger partial charge >= 0.3 is 39.0 Å². The maximum Gasteiger partial charge on any atom is 2.00 e. The minimum Gasteiger partial charge on any atom is -0.0802 e. The Kier molecular flexibility index (Phi) is 17.2. The zero-order chi connectivity index (χ0) is 24.0. The molecule has 0 aromatic carbocycles. The largest absolute Gasteiger partial charge is 2.00 e. The van der Waals surface area contributed by atoms with Crippen LogP contribution in [0.5, 0.6) is 0 Å². The minimum absolute atomic E-state index is 0. The monoisotopic (exact) mass is 628 g/mol. The number of hydrogen-bond acceptors (Lipinski definition) is 0. The van der Waals surface area contributed by atoms with E-state index in [0.29, 0.717) is 0 Å². The third-order valence-electron chi connectivity index (χ3n) is 7.47. The van der Waals surface area contributed by atoms with Crippen molar-refractivity contribution in [1.82, 2.24) is 0 Å². The molecule has 4 aliphatic carbocycles. The van der Waals surface area contributed by atoms with Crippen LogP contribution >= 0.6 is 0 Å². The van der Waals surface area contributed by atoms with Gasteiger partial charge in [0, 0.05) is 11.8 Å². The standard InChI is InChI=1S/C12H10.2C10H15.2Ru/c1-2-6-11(5-1)9-10-12-7-3-4-8-12;2*1-6-7(2)9(4)10(5)8(6)3;;/h1-10H;2*1-5H3;;/q;;;2*+2/b10-9+;;;;. The van der Waals surface area contributed by atoms with Crippen molar-refractivity contribution in [3.8, 4) is 0 Å². The molecule has 20 radical (unpaired) electrons. The summed E-state index contributed by atoms with van der Waals surface area (Å²) in [5, 5.41) is 0. The van der Waals surface area contributed by atoms with Gasteiger partial charge in [-0.05, 0) is 111 Å². The van der Waals surface area contributed by atoms with Crippen LogP contribution in [-0.4, -0.2) is 0 Å². The summed E-state index contributed by atoms with van der Waals surface area (Å²) in [6.45, 7) is 22.0. The van der Waals surface area contributed by atoms with Gasteiger partial charge in [0.2, 0.25) is 0 Å². The molecule has 0 bridgehead atoms. The van der Waals surface area contributed by atoms with E-state index in [0.717, 1.165) is 0 Å². The normalized spacial score (nSPS) is 26.5. The topological polar surface area (TPSA) is 0 Å². The van der Waals surface area contributed by atoms with Crippen LogP contribution in [0.3, 0.4) is 0 Å². The second-order valence-corrected chi connectivity index (χ2v) is 9.02. The van der Waals surface area contributed by atoms with Crippen molar-refractivity contribution in [2.75, 3.05) is 0 Å². The summed E-state index contributed by atoms with van der Waals surface area (Å²) in [6.07, 6.45) is 20.8. The quantitative estimate of drug-likeness (QED) is 0.271. The van der Waals surface area contributed by atoms with Crippen molar-refractivity contribution >= 4 is 0 Å². The Labute approximate surface area is 241 Å². The Bertz CT molecular complexity index is 408. The van der Waals surface area contributed by atoms with Gasteiger partial charge in [-0.2, -0.15) is 0 Å². The SMILES string of the molecule is C[C]1[C](C)[C](C)[C](C)[C]1C.C[C]1[C](C)[C](C)[C](C)[C]1C.[CH]1[CH][CH][C](/C=C/[C]2[CH][CH][CH][CH]2)[CH]1.[Ru+2].[Ru+2]. The molecule has 0 aromatic heterocycles.